The van der Waals surface area contributed by atoms with E-state index >= 15 is 0 Å². The number of carbonyl (C=O) groups excluding carboxylic acids is 1. The minimum atomic E-state index is -1.61. The van der Waals surface area contributed by atoms with Gasteiger partial charge < -0.3 is 14.9 Å². The second-order valence-corrected chi connectivity index (χ2v) is 2.23. The van der Waals surface area contributed by atoms with Crippen LogP contribution in [-0.2, 0) is 108 Å². The van der Waals surface area contributed by atoms with Gasteiger partial charge in [0.2, 0.25) is 5.79 Å². The second-order valence-electron chi connectivity index (χ2n) is 2.23. The number of rotatable bonds is 1. The predicted molar refractivity (Wildman–Crippen MR) is 31.9 cm³/mol. The summed E-state index contributed by atoms with van der Waals surface area (Å²) in [7, 11) is 0. The van der Waals surface area contributed by atoms with Crippen molar-refractivity contribution in [3.05, 3.63) is 11.6 Å². The van der Waals surface area contributed by atoms with Crippen molar-refractivity contribution in [1.29, 1.82) is 0 Å². The number of aliphatic hydroxyl groups excluding tert-OH is 1. The van der Waals surface area contributed by atoms with E-state index in [1.54, 1.807) is 0 Å². The van der Waals surface area contributed by atoms with E-state index in [1.165, 1.54) is 6.92 Å². The van der Waals surface area contributed by atoms with E-state index in [9.17, 15) is 4.79 Å². The summed E-state index contributed by atoms with van der Waals surface area (Å²) in [6, 6.07) is 0. The van der Waals surface area contributed by atoms with Crippen LogP contribution >= 0.6 is 0 Å². The Bertz CT molecular complexity index is 202. The minimum absolute atomic E-state index is 0. The molecule has 4 nitrogen and oxygen atoms in total. The van der Waals surface area contributed by atoms with Crippen LogP contribution in [0.2, 0.25) is 0 Å². The Morgan fingerprint density at radius 2 is 1.92 bits per heavy atom. The molecule has 2 N–H and O–H groups in total. The van der Waals surface area contributed by atoms with Crippen molar-refractivity contribution in [3.8, 4) is 0 Å². The van der Waals surface area contributed by atoms with Crippen LogP contribution in [0, 0.1) is 0 Å². The van der Waals surface area contributed by atoms with E-state index in [1.807, 2.05) is 0 Å². The van der Waals surface area contributed by atoms with Crippen LogP contribution in [0.25, 0.3) is 0 Å². The first-order valence-corrected chi connectivity index (χ1v) is 2.83. The van der Waals surface area contributed by atoms with Crippen molar-refractivity contribution in [2.75, 3.05) is 6.61 Å². The maximum absolute atomic E-state index is 10.5. The van der Waals surface area contributed by atoms with Crippen molar-refractivity contribution in [2.24, 2.45) is 0 Å². The van der Waals surface area contributed by atoms with Crippen LogP contribution in [0.15, 0.2) is 11.6 Å². The van der Waals surface area contributed by atoms with Gasteiger partial charge in [0.25, 0.3) is 0 Å². The van der Waals surface area contributed by atoms with Crippen LogP contribution < -0.4 is 0 Å². The normalized spacial score (nSPS) is 24.5. The van der Waals surface area contributed by atoms with E-state index in [4.69, 9.17) is 10.2 Å². The molecule has 0 saturated carbocycles. The Morgan fingerprint density at radius 3 is 2.08 bits per heavy atom. The van der Waals surface area contributed by atoms with Gasteiger partial charge in [-0.1, -0.05) is 0 Å². The molecule has 0 aliphatic carbocycles. The van der Waals surface area contributed by atoms with E-state index in [0.29, 0.717) is 0 Å². The molecule has 1 rings (SSSR count). The first kappa shape index (κ1) is 20.8. The van der Waals surface area contributed by atoms with Gasteiger partial charge in [0.05, 0.1) is 6.61 Å². The van der Waals surface area contributed by atoms with Gasteiger partial charge in [-0.15, -0.1) is 0 Å². The third-order valence-corrected chi connectivity index (χ3v) is 1.36. The van der Waals surface area contributed by atoms with Crippen LogP contribution in [0.4, 0.5) is 0 Å². The third kappa shape index (κ3) is 5.91. The molecule has 0 aromatic rings. The fourth-order valence-electron chi connectivity index (χ4n) is 0.759. The van der Waals surface area contributed by atoms with E-state index in [-0.39, 0.29) is 110 Å². The largest absolute Gasteiger partial charge is 0.426 e. The molecule has 0 bridgehead atoms. The van der Waals surface area contributed by atoms with Crippen molar-refractivity contribution < 1.29 is 118 Å². The second kappa shape index (κ2) is 8.58. The molecule has 1 aliphatic heterocycles. The van der Waals surface area contributed by atoms with E-state index in [0.717, 1.165) is 6.08 Å². The van der Waals surface area contributed by atoms with Gasteiger partial charge >= 0.3 is 5.97 Å². The summed E-state index contributed by atoms with van der Waals surface area (Å²) in [6.45, 7) is 0.943. The van der Waals surface area contributed by atoms with Crippen molar-refractivity contribution >= 4 is 5.97 Å². The van der Waals surface area contributed by atoms with E-state index in [2.05, 4.69) is 4.74 Å². The fourth-order valence-corrected chi connectivity index (χ4v) is 0.759. The molecule has 1 atom stereocenters. The predicted octanol–water partition coefficient (Wildman–Crippen LogP) is -0.837. The topological polar surface area (TPSA) is 66.8 Å². The molecule has 0 spiro atoms. The van der Waals surface area contributed by atoms with Crippen LogP contribution in [0.5, 0.6) is 0 Å². The number of hydrogen-bond acceptors (Lipinski definition) is 4. The van der Waals surface area contributed by atoms with Crippen molar-refractivity contribution in [3.63, 3.8) is 0 Å². The van der Waals surface area contributed by atoms with Gasteiger partial charge in [0.1, 0.15) is 0 Å². The Labute approximate surface area is 152 Å². The Balaban J connectivity index is -0.000000333. The first-order valence-electron chi connectivity index (χ1n) is 2.83. The Morgan fingerprint density at radius 1 is 1.46 bits per heavy atom. The molecular weight excluding hydrogens is 403 g/mol. The van der Waals surface area contributed by atoms with Gasteiger partial charge in [-0.05, 0) is 0 Å². The molecule has 1 unspecified atom stereocenters. The summed E-state index contributed by atoms with van der Waals surface area (Å²) in [6.07, 6.45) is 1.08. The smallest absolute Gasteiger partial charge is 0.333 e. The molecule has 1 heterocycles. The summed E-state index contributed by atoms with van der Waals surface area (Å²) >= 11 is 0. The molecule has 7 heteroatoms. The summed E-state index contributed by atoms with van der Waals surface area (Å²) < 4.78 is 4.42. The molecule has 0 fully saturated rings. The van der Waals surface area contributed by atoms with E-state index < -0.39 is 11.8 Å². The number of cyclic esters (lactones) is 1. The maximum Gasteiger partial charge on any atom is 0.333 e. The summed E-state index contributed by atoms with van der Waals surface area (Å²) in [5, 5.41) is 17.7. The zero-order valence-electron chi connectivity index (χ0n) is 7.23. The van der Waals surface area contributed by atoms with Gasteiger partial charge in [-0.25, -0.2) is 4.79 Å². The molecule has 65 valence electrons. The molecule has 0 aromatic carbocycles. The van der Waals surface area contributed by atoms with Crippen LogP contribution in [-0.4, -0.2) is 28.6 Å². The Hall–Kier alpha value is 2.44. The summed E-state index contributed by atoms with van der Waals surface area (Å²) in [5.74, 6) is -2.22. The Kier molecular flexibility index (Phi) is 13.7. The van der Waals surface area contributed by atoms with Crippen molar-refractivity contribution in [2.45, 2.75) is 12.7 Å². The summed E-state index contributed by atoms with van der Waals surface area (Å²) in [4.78, 5) is 10.5. The van der Waals surface area contributed by atoms with Gasteiger partial charge in [0, 0.05) is 117 Å². The molecule has 3 radical (unpaired) electrons. The number of aliphatic hydroxyl groups is 2. The molecule has 13 heavy (non-hydrogen) atoms. The zero-order valence-corrected chi connectivity index (χ0v) is 15.7. The van der Waals surface area contributed by atoms with Gasteiger partial charge in [-0.2, -0.15) is 0 Å². The average molecular weight is 411 g/mol. The fraction of sp³-hybridized carbons (Fsp3) is 0.500. The molecule has 1 aliphatic rings. The van der Waals surface area contributed by atoms with Gasteiger partial charge in [0.15, 0.2) is 0 Å². The molecule has 0 amide bonds. The molecular formula is C6H8O4Y3. The quantitative estimate of drug-likeness (QED) is 0.553. The zero-order chi connectivity index (χ0) is 7.78. The monoisotopic (exact) mass is 411 g/mol. The maximum atomic E-state index is 10.5. The third-order valence-electron chi connectivity index (χ3n) is 1.36. The van der Waals surface area contributed by atoms with Crippen LogP contribution in [0.1, 0.15) is 6.92 Å². The number of ether oxygens (including phenoxy) is 1. The van der Waals surface area contributed by atoms with Crippen LogP contribution in [0.3, 0.4) is 0 Å². The molecule has 0 aromatic heterocycles. The standard InChI is InChI=1S/C6H8O4.3Y/c1-6(9)4(3-7)2-5(8)10-6;;;/h2,7,9H,3H2,1H3;;;. The van der Waals surface area contributed by atoms with Crippen molar-refractivity contribution in [1.82, 2.24) is 0 Å². The minimum Gasteiger partial charge on any atom is -0.426 e. The van der Waals surface area contributed by atoms with Gasteiger partial charge in [-0.3, -0.25) is 0 Å². The summed E-state index contributed by atoms with van der Waals surface area (Å²) in [5.41, 5.74) is 0.192. The number of hydrogen-bond donors (Lipinski definition) is 2. The first-order chi connectivity index (χ1) is 4.56. The SMILES string of the molecule is CC1(O)OC(=O)C=C1CO.[Y].[Y].[Y]. The number of carbonyl (C=O) groups is 1. The molecule has 0 saturated heterocycles. The average Bonchev–Trinajstić information content (AvgIpc) is 2.04. The number of esters is 1.